The summed E-state index contributed by atoms with van der Waals surface area (Å²) < 4.78 is 0. The Morgan fingerprint density at radius 2 is 1.96 bits per heavy atom. The van der Waals surface area contributed by atoms with Gasteiger partial charge in [-0.1, -0.05) is 25.0 Å². The number of anilines is 1. The SMILES string of the molecule is O=C([O-])CC1(CC(=O)Nc2cccc3cnccc23)CCCC1. The van der Waals surface area contributed by atoms with E-state index in [1.54, 1.807) is 12.4 Å². The maximum absolute atomic E-state index is 12.5. The number of nitrogens with zero attached hydrogens (tertiary/aromatic N) is 1. The summed E-state index contributed by atoms with van der Waals surface area (Å²) in [5.41, 5.74) is 0.284. The Labute approximate surface area is 134 Å². The smallest absolute Gasteiger partial charge is 0.224 e. The van der Waals surface area contributed by atoms with E-state index in [1.807, 2.05) is 24.3 Å². The number of rotatable bonds is 5. The van der Waals surface area contributed by atoms with Crippen LogP contribution in [0.4, 0.5) is 5.69 Å². The number of amides is 1. The van der Waals surface area contributed by atoms with Gasteiger partial charge in [0.25, 0.3) is 0 Å². The number of hydrogen-bond acceptors (Lipinski definition) is 4. The molecule has 5 heteroatoms. The molecule has 1 aromatic carbocycles. The van der Waals surface area contributed by atoms with E-state index in [1.165, 1.54) is 0 Å². The normalized spacial score (nSPS) is 16.3. The minimum Gasteiger partial charge on any atom is -0.550 e. The van der Waals surface area contributed by atoms with E-state index in [2.05, 4.69) is 10.3 Å². The highest BCUT2D eigenvalue weighted by Gasteiger charge is 2.36. The lowest BCUT2D eigenvalue weighted by Crippen LogP contribution is -2.33. The monoisotopic (exact) mass is 311 g/mol. The Hall–Kier alpha value is -2.43. The number of aliphatic carboxylic acids is 1. The molecule has 0 atom stereocenters. The Kier molecular flexibility index (Phi) is 4.28. The molecule has 0 bridgehead atoms. The van der Waals surface area contributed by atoms with Crippen LogP contribution in [0.5, 0.6) is 0 Å². The fourth-order valence-corrected chi connectivity index (χ4v) is 3.61. The number of nitrogens with one attached hydrogen (secondary N) is 1. The molecule has 1 amide bonds. The zero-order valence-electron chi connectivity index (χ0n) is 12.9. The predicted octanol–water partition coefficient (Wildman–Crippen LogP) is 2.26. The topological polar surface area (TPSA) is 82.1 Å². The lowest BCUT2D eigenvalue weighted by atomic mass is 9.79. The number of aromatic nitrogens is 1. The van der Waals surface area contributed by atoms with Crippen molar-refractivity contribution in [2.45, 2.75) is 38.5 Å². The third-order valence-corrected chi connectivity index (χ3v) is 4.67. The van der Waals surface area contributed by atoms with Crippen molar-refractivity contribution in [3.63, 3.8) is 0 Å². The predicted molar refractivity (Wildman–Crippen MR) is 85.5 cm³/mol. The average Bonchev–Trinajstić information content (AvgIpc) is 2.94. The number of carboxylic acids is 1. The standard InChI is InChI=1S/C18H20N2O3/c21-16(10-18(11-17(22)23)7-1-2-8-18)20-15-5-3-4-13-12-19-9-6-14(13)15/h3-6,9,12H,1-2,7-8,10-11H2,(H,20,21)(H,22,23)/p-1. The summed E-state index contributed by atoms with van der Waals surface area (Å²) in [4.78, 5) is 27.6. The number of pyridine rings is 1. The number of benzene rings is 1. The van der Waals surface area contributed by atoms with Crippen molar-refractivity contribution in [3.8, 4) is 0 Å². The first kappa shape index (κ1) is 15.5. The molecule has 0 saturated heterocycles. The van der Waals surface area contributed by atoms with Crippen LogP contribution in [0, 0.1) is 5.41 Å². The summed E-state index contributed by atoms with van der Waals surface area (Å²) in [5, 5.41) is 15.8. The van der Waals surface area contributed by atoms with Crippen molar-refractivity contribution in [1.29, 1.82) is 0 Å². The van der Waals surface area contributed by atoms with Crippen LogP contribution in [0.1, 0.15) is 38.5 Å². The van der Waals surface area contributed by atoms with Gasteiger partial charge in [0, 0.05) is 41.2 Å². The van der Waals surface area contributed by atoms with Gasteiger partial charge >= 0.3 is 0 Å². The molecule has 23 heavy (non-hydrogen) atoms. The molecule has 0 spiro atoms. The highest BCUT2D eigenvalue weighted by atomic mass is 16.4. The fourth-order valence-electron chi connectivity index (χ4n) is 3.61. The van der Waals surface area contributed by atoms with E-state index >= 15 is 0 Å². The summed E-state index contributed by atoms with van der Waals surface area (Å²) in [6.07, 6.45) is 7.11. The quantitative estimate of drug-likeness (QED) is 0.918. The summed E-state index contributed by atoms with van der Waals surface area (Å²) in [7, 11) is 0. The largest absolute Gasteiger partial charge is 0.550 e. The van der Waals surface area contributed by atoms with Crippen molar-refractivity contribution < 1.29 is 14.7 Å². The minimum atomic E-state index is -1.07. The second kappa shape index (κ2) is 6.36. The van der Waals surface area contributed by atoms with Crippen molar-refractivity contribution in [1.82, 2.24) is 4.98 Å². The molecule has 0 radical (unpaired) electrons. The minimum absolute atomic E-state index is 0.0418. The van der Waals surface area contributed by atoms with Gasteiger partial charge in [-0.2, -0.15) is 0 Å². The van der Waals surface area contributed by atoms with Gasteiger partial charge in [-0.3, -0.25) is 9.78 Å². The summed E-state index contributed by atoms with van der Waals surface area (Å²) in [5.74, 6) is -1.21. The van der Waals surface area contributed by atoms with Gasteiger partial charge in [-0.25, -0.2) is 0 Å². The molecule has 120 valence electrons. The first-order chi connectivity index (χ1) is 11.1. The number of carbonyl (C=O) groups is 2. The molecule has 1 aliphatic rings. The second-order valence-corrected chi connectivity index (χ2v) is 6.38. The van der Waals surface area contributed by atoms with Crippen LogP contribution in [0.2, 0.25) is 0 Å². The van der Waals surface area contributed by atoms with Gasteiger partial charge < -0.3 is 15.2 Å². The molecule has 5 nitrogen and oxygen atoms in total. The van der Waals surface area contributed by atoms with E-state index in [4.69, 9.17) is 0 Å². The molecule has 2 aromatic rings. The number of hydrogen-bond donors (Lipinski definition) is 1. The number of fused-ring (bicyclic) bond motifs is 1. The lowest BCUT2D eigenvalue weighted by Gasteiger charge is -2.28. The Morgan fingerprint density at radius 3 is 2.70 bits per heavy atom. The van der Waals surface area contributed by atoms with Crippen LogP contribution in [-0.2, 0) is 9.59 Å². The fraction of sp³-hybridized carbons (Fsp3) is 0.389. The molecule has 1 aromatic heterocycles. The summed E-state index contributed by atoms with van der Waals surface area (Å²) in [6.45, 7) is 0. The van der Waals surface area contributed by atoms with Crippen LogP contribution in [0.25, 0.3) is 10.8 Å². The maximum Gasteiger partial charge on any atom is 0.224 e. The van der Waals surface area contributed by atoms with E-state index in [-0.39, 0.29) is 18.7 Å². The van der Waals surface area contributed by atoms with E-state index < -0.39 is 11.4 Å². The molecule has 1 heterocycles. The van der Waals surface area contributed by atoms with Crippen LogP contribution in [0.15, 0.2) is 36.7 Å². The van der Waals surface area contributed by atoms with Crippen LogP contribution >= 0.6 is 0 Å². The van der Waals surface area contributed by atoms with Gasteiger partial charge in [-0.05, 0) is 36.8 Å². The summed E-state index contributed by atoms with van der Waals surface area (Å²) in [6, 6.07) is 7.51. The van der Waals surface area contributed by atoms with Crippen molar-refractivity contribution in [3.05, 3.63) is 36.7 Å². The Balaban J connectivity index is 1.77. The van der Waals surface area contributed by atoms with Gasteiger partial charge in [0.05, 0.1) is 0 Å². The summed E-state index contributed by atoms with van der Waals surface area (Å²) >= 11 is 0. The first-order valence-corrected chi connectivity index (χ1v) is 7.90. The van der Waals surface area contributed by atoms with Crippen LogP contribution in [0.3, 0.4) is 0 Å². The third-order valence-electron chi connectivity index (χ3n) is 4.67. The first-order valence-electron chi connectivity index (χ1n) is 7.90. The van der Waals surface area contributed by atoms with Crippen molar-refractivity contribution >= 4 is 28.3 Å². The zero-order valence-corrected chi connectivity index (χ0v) is 12.9. The van der Waals surface area contributed by atoms with E-state index in [0.717, 1.165) is 42.1 Å². The van der Waals surface area contributed by atoms with Gasteiger partial charge in [-0.15, -0.1) is 0 Å². The van der Waals surface area contributed by atoms with Gasteiger partial charge in [0.1, 0.15) is 0 Å². The molecule has 1 saturated carbocycles. The molecule has 0 unspecified atom stereocenters. The number of carboxylic acid groups (broad SMARTS) is 1. The second-order valence-electron chi connectivity index (χ2n) is 6.38. The average molecular weight is 311 g/mol. The molecule has 1 fully saturated rings. The molecular weight excluding hydrogens is 292 g/mol. The highest BCUT2D eigenvalue weighted by molar-refractivity contribution is 6.02. The van der Waals surface area contributed by atoms with Crippen molar-refractivity contribution in [2.75, 3.05) is 5.32 Å². The lowest BCUT2D eigenvalue weighted by molar-refractivity contribution is -0.308. The van der Waals surface area contributed by atoms with Gasteiger partial charge in [0.15, 0.2) is 0 Å². The van der Waals surface area contributed by atoms with Gasteiger partial charge in [0.2, 0.25) is 5.91 Å². The van der Waals surface area contributed by atoms with E-state index in [9.17, 15) is 14.7 Å². The van der Waals surface area contributed by atoms with Crippen LogP contribution in [-0.4, -0.2) is 16.9 Å². The Morgan fingerprint density at radius 1 is 1.17 bits per heavy atom. The molecule has 3 rings (SSSR count). The molecule has 1 N–H and O–H groups in total. The molecular formula is C18H19N2O3-. The molecule has 1 aliphatic carbocycles. The number of carbonyl (C=O) groups excluding carboxylic acids is 2. The molecule has 0 aliphatic heterocycles. The Bertz CT molecular complexity index is 731. The highest BCUT2D eigenvalue weighted by Crippen LogP contribution is 2.44. The van der Waals surface area contributed by atoms with Crippen molar-refractivity contribution in [2.24, 2.45) is 5.41 Å². The van der Waals surface area contributed by atoms with Crippen LogP contribution < -0.4 is 10.4 Å². The van der Waals surface area contributed by atoms with E-state index in [0.29, 0.717) is 0 Å². The third kappa shape index (κ3) is 3.50. The zero-order chi connectivity index (χ0) is 16.3. The maximum atomic E-state index is 12.5.